The van der Waals surface area contributed by atoms with E-state index in [9.17, 15) is 0 Å². The van der Waals surface area contributed by atoms with Gasteiger partial charge in [0.15, 0.2) is 0 Å². The molecule has 0 bridgehead atoms. The average molecular weight is 322 g/mol. The highest BCUT2D eigenvalue weighted by molar-refractivity contribution is 8.02. The molecule has 3 rings (SSSR count). The summed E-state index contributed by atoms with van der Waals surface area (Å²) in [7, 11) is 0. The summed E-state index contributed by atoms with van der Waals surface area (Å²) in [4.78, 5) is 0. The highest BCUT2D eigenvalue weighted by Gasteiger charge is 2.19. The number of ether oxygens (including phenoxy) is 1. The predicted octanol–water partition coefficient (Wildman–Crippen LogP) is 4.53. The first-order valence-electron chi connectivity index (χ1n) is 6.28. The molecule has 0 radical (unpaired) electrons. The van der Waals surface area contributed by atoms with Crippen molar-refractivity contribution in [2.24, 2.45) is 0 Å². The second kappa shape index (κ2) is 6.03. The molecule has 1 aliphatic heterocycles. The number of thiocarbonyl (C=S) groups is 1. The minimum absolute atomic E-state index is 0.0749. The lowest BCUT2D eigenvalue weighted by molar-refractivity contribution is 0.217. The van der Waals surface area contributed by atoms with Gasteiger partial charge in [0.25, 0.3) is 5.17 Å². The van der Waals surface area contributed by atoms with Crippen LogP contribution >= 0.6 is 35.5 Å². The second-order valence-corrected chi connectivity index (χ2v) is 6.94. The quantitative estimate of drug-likeness (QED) is 0.641. The summed E-state index contributed by atoms with van der Waals surface area (Å²) < 4.78 is 10.3. The third kappa shape index (κ3) is 3.08. The Morgan fingerprint density at radius 3 is 3.10 bits per heavy atom. The van der Waals surface area contributed by atoms with Crippen LogP contribution in [0.2, 0.25) is 0 Å². The van der Waals surface area contributed by atoms with E-state index in [1.165, 1.54) is 9.77 Å². The zero-order valence-corrected chi connectivity index (χ0v) is 13.3. The number of benzene rings is 1. The molecule has 1 atom stereocenters. The summed E-state index contributed by atoms with van der Waals surface area (Å²) in [5, 5.41) is 5.67. The summed E-state index contributed by atoms with van der Waals surface area (Å²) in [6.45, 7) is 2.03. The molecule has 2 heterocycles. The Bertz CT molecular complexity index is 613. The molecular weight excluding hydrogens is 308 g/mol. The molecule has 0 fully saturated rings. The molecule has 20 heavy (non-hydrogen) atoms. The van der Waals surface area contributed by atoms with Crippen LogP contribution in [0.5, 0.6) is 0 Å². The van der Waals surface area contributed by atoms with Gasteiger partial charge in [-0.25, -0.2) is 0 Å². The van der Waals surface area contributed by atoms with Gasteiger partial charge in [-0.2, -0.15) is 0 Å². The van der Waals surface area contributed by atoms with Gasteiger partial charge in [0.05, 0.1) is 4.21 Å². The van der Waals surface area contributed by atoms with Gasteiger partial charge in [-0.15, -0.1) is 11.3 Å². The Morgan fingerprint density at radius 2 is 2.30 bits per heavy atom. The van der Waals surface area contributed by atoms with E-state index < -0.39 is 0 Å². The Kier molecular flexibility index (Phi) is 4.14. The van der Waals surface area contributed by atoms with Crippen LogP contribution in [0.15, 0.2) is 39.9 Å². The van der Waals surface area contributed by atoms with E-state index in [1.54, 1.807) is 23.3 Å². The smallest absolute Gasteiger partial charge is 0.261 e. The van der Waals surface area contributed by atoms with Crippen molar-refractivity contribution >= 4 is 52.1 Å². The molecule has 1 unspecified atom stereocenters. The molecular formula is C14H14N2OS3. The fourth-order valence-corrected chi connectivity index (χ4v) is 3.85. The summed E-state index contributed by atoms with van der Waals surface area (Å²) >= 11 is 8.51. The molecule has 2 aromatic rings. The van der Waals surface area contributed by atoms with Crippen LogP contribution in [-0.2, 0) is 11.2 Å². The van der Waals surface area contributed by atoms with Crippen molar-refractivity contribution < 1.29 is 4.74 Å². The van der Waals surface area contributed by atoms with Crippen LogP contribution in [0.3, 0.4) is 0 Å². The normalized spacial score (nSPS) is 17.6. The van der Waals surface area contributed by atoms with Crippen molar-refractivity contribution in [2.45, 2.75) is 23.7 Å². The van der Waals surface area contributed by atoms with Crippen LogP contribution in [-0.4, -0.2) is 11.3 Å². The first kappa shape index (κ1) is 13.7. The number of rotatable bonds is 3. The van der Waals surface area contributed by atoms with Gasteiger partial charge in [-0.3, -0.25) is 0 Å². The molecule has 0 spiro atoms. The number of hydrogen-bond acceptors (Lipinski definition) is 5. The van der Waals surface area contributed by atoms with Crippen molar-refractivity contribution in [3.63, 3.8) is 0 Å². The highest BCUT2D eigenvalue weighted by Crippen LogP contribution is 2.33. The average Bonchev–Trinajstić information content (AvgIpc) is 2.86. The van der Waals surface area contributed by atoms with Crippen molar-refractivity contribution in [1.82, 2.24) is 0 Å². The summed E-state index contributed by atoms with van der Waals surface area (Å²) in [5.41, 5.74) is 3.34. The largest absolute Gasteiger partial charge is 0.467 e. The maximum absolute atomic E-state index is 5.59. The molecule has 0 amide bonds. The molecule has 2 N–H and O–H groups in total. The number of anilines is 2. The van der Waals surface area contributed by atoms with Crippen molar-refractivity contribution in [3.8, 4) is 0 Å². The topological polar surface area (TPSA) is 33.3 Å². The second-order valence-electron chi connectivity index (χ2n) is 4.51. The fraction of sp³-hybridized carbons (Fsp3) is 0.214. The molecule has 0 aliphatic carbocycles. The molecule has 1 aromatic heterocycles. The first-order chi connectivity index (χ1) is 9.72. The van der Waals surface area contributed by atoms with E-state index in [0.717, 1.165) is 17.8 Å². The third-order valence-corrected chi connectivity index (χ3v) is 5.03. The van der Waals surface area contributed by atoms with E-state index in [0.29, 0.717) is 5.17 Å². The van der Waals surface area contributed by atoms with Crippen LogP contribution in [0.1, 0.15) is 12.5 Å². The van der Waals surface area contributed by atoms with Crippen LogP contribution < -0.4 is 10.0 Å². The molecule has 6 heteroatoms. The molecule has 0 saturated carbocycles. The summed E-state index contributed by atoms with van der Waals surface area (Å²) in [5.74, 6) is 0. The van der Waals surface area contributed by atoms with Gasteiger partial charge in [-0.05, 0) is 54.7 Å². The van der Waals surface area contributed by atoms with E-state index in [-0.39, 0.29) is 6.10 Å². The fourth-order valence-electron chi connectivity index (χ4n) is 2.10. The van der Waals surface area contributed by atoms with Gasteiger partial charge in [-0.1, -0.05) is 12.1 Å². The van der Waals surface area contributed by atoms with E-state index >= 15 is 0 Å². The van der Waals surface area contributed by atoms with Crippen LogP contribution in [0, 0.1) is 0 Å². The zero-order valence-electron chi connectivity index (χ0n) is 10.9. The van der Waals surface area contributed by atoms with Gasteiger partial charge in [0.1, 0.15) is 6.10 Å². The van der Waals surface area contributed by atoms with Gasteiger partial charge in [0.2, 0.25) is 0 Å². The highest BCUT2D eigenvalue weighted by atomic mass is 32.2. The number of nitrogens with one attached hydrogen (secondary N) is 2. The minimum Gasteiger partial charge on any atom is -0.467 e. The van der Waals surface area contributed by atoms with E-state index in [4.69, 9.17) is 17.0 Å². The van der Waals surface area contributed by atoms with Crippen molar-refractivity contribution in [1.29, 1.82) is 0 Å². The predicted molar refractivity (Wildman–Crippen MR) is 90.7 cm³/mol. The van der Waals surface area contributed by atoms with Crippen LogP contribution in [0.4, 0.5) is 11.4 Å². The van der Waals surface area contributed by atoms with Gasteiger partial charge in [0, 0.05) is 23.4 Å². The molecule has 0 saturated heterocycles. The third-order valence-electron chi connectivity index (χ3n) is 2.97. The summed E-state index contributed by atoms with van der Waals surface area (Å²) in [6.07, 6.45) is 0.905. The zero-order chi connectivity index (χ0) is 13.9. The summed E-state index contributed by atoms with van der Waals surface area (Å²) in [6, 6.07) is 10.3. The lowest BCUT2D eigenvalue weighted by Gasteiger charge is -2.13. The molecule has 3 nitrogen and oxygen atoms in total. The molecule has 104 valence electrons. The number of hydrogen-bond donors (Lipinski definition) is 2. The SMILES string of the molecule is CC1Cc2c(NSc3cccs3)cccc2NC(=S)O1. The van der Waals surface area contributed by atoms with Crippen molar-refractivity contribution in [3.05, 3.63) is 41.3 Å². The van der Waals surface area contributed by atoms with E-state index in [2.05, 4.69) is 33.6 Å². The van der Waals surface area contributed by atoms with Gasteiger partial charge < -0.3 is 14.8 Å². The maximum atomic E-state index is 5.59. The number of fused-ring (bicyclic) bond motifs is 1. The lowest BCUT2D eigenvalue weighted by atomic mass is 10.0. The minimum atomic E-state index is 0.0749. The first-order valence-corrected chi connectivity index (χ1v) is 8.38. The Morgan fingerprint density at radius 1 is 1.40 bits per heavy atom. The van der Waals surface area contributed by atoms with Crippen molar-refractivity contribution in [2.75, 3.05) is 10.0 Å². The molecule has 1 aliphatic rings. The lowest BCUT2D eigenvalue weighted by Crippen LogP contribution is -2.16. The Hall–Kier alpha value is -1.24. The molecule has 1 aromatic carbocycles. The maximum Gasteiger partial charge on any atom is 0.261 e. The van der Waals surface area contributed by atoms with Crippen LogP contribution in [0.25, 0.3) is 0 Å². The Labute approximate surface area is 131 Å². The number of thiophene rings is 1. The van der Waals surface area contributed by atoms with E-state index in [1.807, 2.05) is 19.1 Å². The standard InChI is InChI=1S/C14H14N2OS3/c1-9-8-10-11(15-14(18)17-9)4-2-5-12(10)16-20-13-6-3-7-19-13/h2-7,9,16H,8H2,1H3,(H,15,18). The monoisotopic (exact) mass is 322 g/mol. The van der Waals surface area contributed by atoms with Gasteiger partial charge >= 0.3 is 0 Å². The Balaban J connectivity index is 1.85.